The number of pyridine rings is 2. The zero-order chi connectivity index (χ0) is 23.2. The molecule has 0 atom stereocenters. The molecule has 0 aliphatic carbocycles. The lowest BCUT2D eigenvalue weighted by Gasteiger charge is -2.30. The zero-order valence-electron chi connectivity index (χ0n) is 17.3. The Morgan fingerprint density at radius 1 is 1.03 bits per heavy atom. The number of hydrogen-bond donors (Lipinski definition) is 2. The van der Waals surface area contributed by atoms with Gasteiger partial charge in [-0.05, 0) is 48.6 Å². The number of nitrogens with zero attached hydrogens (tertiary/aromatic N) is 3. The standard InChI is InChI=1S/C24H17F3N4O2/c1-33-18-9-15(11-28-13-18)19-6-7-20-22(30-19)23-14(12-29-20)5-8-21(32)31(23)17-4-2-3-16(10-17)24(25,26)27/h2-13,30,32H,1H3. The Labute approximate surface area is 186 Å². The maximum absolute atomic E-state index is 13.3. The molecule has 0 saturated carbocycles. The summed E-state index contributed by atoms with van der Waals surface area (Å²) in [6, 6.07) is 6.62. The SMILES string of the molecule is COc1cncc(C2=CC=c3ncc4c(c3N2)N(c2cccc(C(F)(F)F)c2)C(O)=CC=4)c1. The predicted molar refractivity (Wildman–Crippen MR) is 119 cm³/mol. The number of nitrogens with one attached hydrogen (secondary N) is 1. The topological polar surface area (TPSA) is 70.5 Å². The predicted octanol–water partition coefficient (Wildman–Crippen LogP) is 4.08. The fourth-order valence-electron chi connectivity index (χ4n) is 3.76. The molecular formula is C24H17F3N4O2. The number of aliphatic hydroxyl groups excluding tert-OH is 1. The van der Waals surface area contributed by atoms with E-state index in [4.69, 9.17) is 4.74 Å². The minimum absolute atomic E-state index is 0.169. The van der Waals surface area contributed by atoms with Gasteiger partial charge in [-0.2, -0.15) is 13.2 Å². The van der Waals surface area contributed by atoms with Crippen molar-refractivity contribution in [3.63, 3.8) is 0 Å². The average molecular weight is 450 g/mol. The summed E-state index contributed by atoms with van der Waals surface area (Å²) in [5.41, 5.74) is 1.83. The largest absolute Gasteiger partial charge is 0.495 e. The van der Waals surface area contributed by atoms with Gasteiger partial charge in [-0.25, -0.2) is 0 Å². The van der Waals surface area contributed by atoms with Gasteiger partial charge in [0.25, 0.3) is 0 Å². The van der Waals surface area contributed by atoms with Crippen molar-refractivity contribution in [2.75, 3.05) is 17.3 Å². The molecule has 0 amide bonds. The number of benzene rings is 1. The highest BCUT2D eigenvalue weighted by Gasteiger charge is 2.32. The maximum Gasteiger partial charge on any atom is 0.416 e. The summed E-state index contributed by atoms with van der Waals surface area (Å²) in [7, 11) is 1.54. The summed E-state index contributed by atoms with van der Waals surface area (Å²) in [5.74, 6) is 0.366. The van der Waals surface area contributed by atoms with Gasteiger partial charge < -0.3 is 15.2 Å². The quantitative estimate of drug-likeness (QED) is 0.627. The number of fused-ring (bicyclic) bond motifs is 3. The first-order chi connectivity index (χ1) is 15.8. The first-order valence-corrected chi connectivity index (χ1v) is 9.91. The Kier molecular flexibility index (Phi) is 4.81. The van der Waals surface area contributed by atoms with E-state index in [1.165, 1.54) is 23.1 Å². The van der Waals surface area contributed by atoms with Gasteiger partial charge in [0.15, 0.2) is 5.88 Å². The van der Waals surface area contributed by atoms with Gasteiger partial charge in [-0.15, -0.1) is 0 Å². The molecule has 4 heterocycles. The third-order valence-electron chi connectivity index (χ3n) is 5.33. The third kappa shape index (κ3) is 3.67. The van der Waals surface area contributed by atoms with Gasteiger partial charge in [0.1, 0.15) is 5.75 Å². The lowest BCUT2D eigenvalue weighted by atomic mass is 10.1. The number of aliphatic hydroxyl groups is 1. The van der Waals surface area contributed by atoms with Gasteiger partial charge in [-0.1, -0.05) is 6.07 Å². The molecule has 6 nitrogen and oxygen atoms in total. The van der Waals surface area contributed by atoms with Crippen LogP contribution in [0, 0.1) is 0 Å². The number of ether oxygens (including phenoxy) is 1. The van der Waals surface area contributed by atoms with Crippen LogP contribution in [0.5, 0.6) is 5.75 Å². The Hall–Kier alpha value is -4.27. The van der Waals surface area contributed by atoms with Crippen molar-refractivity contribution in [2.24, 2.45) is 0 Å². The van der Waals surface area contributed by atoms with Crippen LogP contribution in [0.25, 0.3) is 17.8 Å². The molecule has 0 spiro atoms. The van der Waals surface area contributed by atoms with Crippen LogP contribution in [0.3, 0.4) is 0 Å². The van der Waals surface area contributed by atoms with Crippen molar-refractivity contribution in [3.8, 4) is 5.75 Å². The number of halogens is 3. The van der Waals surface area contributed by atoms with Crippen molar-refractivity contribution < 1.29 is 23.0 Å². The lowest BCUT2D eigenvalue weighted by Crippen LogP contribution is -2.32. The second kappa shape index (κ2) is 7.70. The summed E-state index contributed by atoms with van der Waals surface area (Å²) < 4.78 is 45.3. The van der Waals surface area contributed by atoms with Gasteiger partial charge >= 0.3 is 6.18 Å². The molecule has 0 radical (unpaired) electrons. The van der Waals surface area contributed by atoms with E-state index >= 15 is 0 Å². The molecule has 0 saturated heterocycles. The van der Waals surface area contributed by atoms with E-state index in [-0.39, 0.29) is 11.6 Å². The van der Waals surface area contributed by atoms with E-state index in [2.05, 4.69) is 15.3 Å². The Morgan fingerprint density at radius 3 is 2.67 bits per heavy atom. The third-order valence-corrected chi connectivity index (χ3v) is 5.33. The lowest BCUT2D eigenvalue weighted by molar-refractivity contribution is -0.137. The number of alkyl halides is 3. The van der Waals surface area contributed by atoms with E-state index in [0.29, 0.717) is 33.4 Å². The molecule has 2 aliphatic heterocycles. The van der Waals surface area contributed by atoms with E-state index in [1.54, 1.807) is 37.9 Å². The number of hydrogen-bond acceptors (Lipinski definition) is 6. The van der Waals surface area contributed by atoms with Gasteiger partial charge in [0.05, 0.1) is 35.6 Å². The van der Waals surface area contributed by atoms with E-state index in [1.807, 2.05) is 12.1 Å². The highest BCUT2D eigenvalue weighted by molar-refractivity contribution is 5.92. The van der Waals surface area contributed by atoms with Crippen LogP contribution in [0.15, 0.2) is 67.0 Å². The van der Waals surface area contributed by atoms with Crippen molar-refractivity contribution in [1.82, 2.24) is 9.97 Å². The van der Waals surface area contributed by atoms with E-state index < -0.39 is 11.7 Å². The molecule has 0 unspecified atom stereocenters. The summed E-state index contributed by atoms with van der Waals surface area (Å²) in [4.78, 5) is 10.0. The van der Waals surface area contributed by atoms with Crippen LogP contribution in [0.2, 0.25) is 0 Å². The molecular weight excluding hydrogens is 433 g/mol. The molecule has 5 rings (SSSR count). The van der Waals surface area contributed by atoms with Crippen LogP contribution in [-0.2, 0) is 6.18 Å². The molecule has 0 fully saturated rings. The molecule has 166 valence electrons. The van der Waals surface area contributed by atoms with Crippen molar-refractivity contribution in [2.45, 2.75) is 6.18 Å². The first kappa shape index (κ1) is 20.6. The highest BCUT2D eigenvalue weighted by Crippen LogP contribution is 2.37. The molecule has 9 heteroatoms. The Balaban J connectivity index is 1.65. The van der Waals surface area contributed by atoms with E-state index in [0.717, 1.165) is 17.7 Å². The molecule has 2 N–H and O–H groups in total. The highest BCUT2D eigenvalue weighted by atomic mass is 19.4. The van der Waals surface area contributed by atoms with Crippen LogP contribution in [0.1, 0.15) is 11.1 Å². The second-order valence-electron chi connectivity index (χ2n) is 7.38. The molecule has 2 aliphatic rings. The van der Waals surface area contributed by atoms with Gasteiger partial charge in [0, 0.05) is 34.6 Å². The van der Waals surface area contributed by atoms with Crippen LogP contribution in [0.4, 0.5) is 30.2 Å². The average Bonchev–Trinajstić information content (AvgIpc) is 2.83. The fraction of sp³-hybridized carbons (Fsp3) is 0.0833. The molecule has 33 heavy (non-hydrogen) atoms. The monoisotopic (exact) mass is 450 g/mol. The van der Waals surface area contributed by atoms with Crippen LogP contribution >= 0.6 is 0 Å². The summed E-state index contributed by atoms with van der Waals surface area (Å²) in [6.07, 6.45) is 7.05. The Morgan fingerprint density at radius 2 is 1.88 bits per heavy atom. The number of rotatable bonds is 3. The number of allylic oxidation sites excluding steroid dienone is 2. The second-order valence-corrected chi connectivity index (χ2v) is 7.38. The minimum Gasteiger partial charge on any atom is -0.495 e. The normalized spacial score (nSPS) is 14.6. The number of methoxy groups -OCH3 is 1. The number of aromatic nitrogens is 2. The maximum atomic E-state index is 13.3. The van der Waals surface area contributed by atoms with Gasteiger partial charge in [-0.3, -0.25) is 14.9 Å². The van der Waals surface area contributed by atoms with Crippen molar-refractivity contribution in [1.29, 1.82) is 0 Å². The van der Waals surface area contributed by atoms with Crippen molar-refractivity contribution in [3.05, 3.63) is 88.7 Å². The van der Waals surface area contributed by atoms with Crippen molar-refractivity contribution >= 4 is 34.9 Å². The molecule has 0 bridgehead atoms. The van der Waals surface area contributed by atoms with Crippen LogP contribution < -0.4 is 25.5 Å². The van der Waals surface area contributed by atoms with Gasteiger partial charge in [0.2, 0.25) is 0 Å². The summed E-state index contributed by atoms with van der Waals surface area (Å²) in [5, 5.41) is 15.2. The van der Waals surface area contributed by atoms with Crippen LogP contribution in [-0.4, -0.2) is 22.2 Å². The smallest absolute Gasteiger partial charge is 0.416 e. The molecule has 3 aromatic rings. The summed E-state index contributed by atoms with van der Waals surface area (Å²) >= 11 is 0. The number of anilines is 3. The summed E-state index contributed by atoms with van der Waals surface area (Å²) in [6.45, 7) is 0. The molecule has 2 aromatic heterocycles. The minimum atomic E-state index is -4.51. The zero-order valence-corrected chi connectivity index (χ0v) is 17.3. The van der Waals surface area contributed by atoms with E-state index in [9.17, 15) is 18.3 Å². The molecule has 1 aromatic carbocycles. The first-order valence-electron chi connectivity index (χ1n) is 9.91. The Bertz CT molecular complexity index is 1440. The fourth-order valence-corrected chi connectivity index (χ4v) is 3.76.